The Bertz CT molecular complexity index is 1040. The number of amidine groups is 1. The zero-order valence-corrected chi connectivity index (χ0v) is 22.3. The molecule has 1 atom stereocenters. The summed E-state index contributed by atoms with van der Waals surface area (Å²) in [4.78, 5) is 53.9. The van der Waals surface area contributed by atoms with Crippen molar-refractivity contribution < 1.29 is 29.1 Å². The van der Waals surface area contributed by atoms with Gasteiger partial charge in [0, 0.05) is 18.0 Å². The zero-order valence-electron chi connectivity index (χ0n) is 21.5. The van der Waals surface area contributed by atoms with E-state index in [-0.39, 0.29) is 36.3 Å². The van der Waals surface area contributed by atoms with Crippen molar-refractivity contribution in [1.82, 2.24) is 15.5 Å². The second-order valence-corrected chi connectivity index (χ2v) is 11.7. The number of amides is 4. The molecule has 4 N–H and O–H groups in total. The lowest BCUT2D eigenvalue weighted by molar-refractivity contribution is -0.138. The molecule has 2 rings (SSSR count). The van der Waals surface area contributed by atoms with Gasteiger partial charge in [0.25, 0.3) is 5.91 Å². The maximum absolute atomic E-state index is 13.8. The highest BCUT2D eigenvalue weighted by Crippen LogP contribution is 2.38. The molecule has 0 saturated carbocycles. The van der Waals surface area contributed by atoms with Crippen molar-refractivity contribution in [3.05, 3.63) is 16.5 Å². The summed E-state index contributed by atoms with van der Waals surface area (Å²) in [6.07, 6.45) is -1.06. The van der Waals surface area contributed by atoms with Gasteiger partial charge in [-0.15, -0.1) is 11.3 Å². The van der Waals surface area contributed by atoms with Gasteiger partial charge >= 0.3 is 6.09 Å². The van der Waals surface area contributed by atoms with E-state index in [2.05, 4.69) is 21.1 Å². The third kappa shape index (κ3) is 6.93. The summed E-state index contributed by atoms with van der Waals surface area (Å²) in [5.74, 6) is -1.62. The van der Waals surface area contributed by atoms with Gasteiger partial charge < -0.3 is 25.5 Å². The number of ether oxygens (including phenoxy) is 1. The molecule has 0 aliphatic carbocycles. The van der Waals surface area contributed by atoms with Gasteiger partial charge in [0.15, 0.2) is 0 Å². The van der Waals surface area contributed by atoms with E-state index >= 15 is 0 Å². The van der Waals surface area contributed by atoms with Crippen LogP contribution in [0, 0.1) is 0 Å². The molecule has 0 aromatic carbocycles. The summed E-state index contributed by atoms with van der Waals surface area (Å²) in [7, 11) is 0. The van der Waals surface area contributed by atoms with Gasteiger partial charge in [-0.3, -0.25) is 19.7 Å². The SMILES string of the molecule is C/C(=N/O)NC(=O)CC1(C)C(=O)NCCN1C(=O)c1cc(C(C)(C)C)sc1NC(=O)OC(C)(C)C. The van der Waals surface area contributed by atoms with E-state index in [4.69, 9.17) is 9.94 Å². The third-order valence-corrected chi connectivity index (χ3v) is 6.72. The average Bonchev–Trinajstić information content (AvgIpc) is 3.12. The maximum atomic E-state index is 13.8. The van der Waals surface area contributed by atoms with Gasteiger partial charge in [0.1, 0.15) is 22.0 Å². The fraction of sp³-hybridized carbons (Fsp3) is 0.609. The van der Waals surface area contributed by atoms with Gasteiger partial charge in [0.05, 0.1) is 12.0 Å². The van der Waals surface area contributed by atoms with Crippen LogP contribution in [0.5, 0.6) is 0 Å². The van der Waals surface area contributed by atoms with E-state index in [0.29, 0.717) is 5.00 Å². The summed E-state index contributed by atoms with van der Waals surface area (Å²) in [6, 6.07) is 1.70. The van der Waals surface area contributed by atoms with E-state index in [0.717, 1.165) is 4.88 Å². The molecular weight excluding hydrogens is 474 g/mol. The Morgan fingerprint density at radius 3 is 2.43 bits per heavy atom. The number of carbonyl (C=O) groups excluding carboxylic acids is 4. The van der Waals surface area contributed by atoms with Crippen LogP contribution in [-0.2, 0) is 19.7 Å². The van der Waals surface area contributed by atoms with Crippen molar-refractivity contribution >= 4 is 46.0 Å². The number of hydrogen-bond acceptors (Lipinski definition) is 8. The Balaban J connectivity index is 2.46. The lowest BCUT2D eigenvalue weighted by Gasteiger charge is -2.43. The molecule has 1 fully saturated rings. The molecule has 0 radical (unpaired) electrons. The third-order valence-electron chi connectivity index (χ3n) is 5.24. The van der Waals surface area contributed by atoms with E-state index in [1.807, 2.05) is 20.8 Å². The minimum Gasteiger partial charge on any atom is -0.444 e. The summed E-state index contributed by atoms with van der Waals surface area (Å²) < 4.78 is 5.36. The lowest BCUT2D eigenvalue weighted by Crippen LogP contribution is -2.66. The van der Waals surface area contributed by atoms with Gasteiger partial charge in [-0.05, 0) is 46.1 Å². The van der Waals surface area contributed by atoms with Crippen LogP contribution < -0.4 is 16.0 Å². The molecule has 2 heterocycles. The lowest BCUT2D eigenvalue weighted by atomic mass is 9.90. The Morgan fingerprint density at radius 1 is 1.26 bits per heavy atom. The number of nitrogens with one attached hydrogen (secondary N) is 3. The van der Waals surface area contributed by atoms with E-state index in [1.54, 1.807) is 26.8 Å². The van der Waals surface area contributed by atoms with E-state index in [9.17, 15) is 19.2 Å². The first-order chi connectivity index (χ1) is 16.0. The smallest absolute Gasteiger partial charge is 0.412 e. The number of rotatable bonds is 4. The molecule has 11 nitrogen and oxygen atoms in total. The first-order valence-electron chi connectivity index (χ1n) is 11.2. The molecule has 194 valence electrons. The van der Waals surface area contributed by atoms with Gasteiger partial charge in [-0.25, -0.2) is 4.79 Å². The van der Waals surface area contributed by atoms with Crippen molar-refractivity contribution in [2.24, 2.45) is 5.16 Å². The highest BCUT2D eigenvalue weighted by atomic mass is 32.1. The normalized spacial score (nSPS) is 19.1. The molecular formula is C23H35N5O6S. The van der Waals surface area contributed by atoms with Gasteiger partial charge in [0.2, 0.25) is 11.8 Å². The number of piperazine rings is 1. The molecule has 1 aromatic heterocycles. The molecule has 1 aromatic rings. The fourth-order valence-electron chi connectivity index (χ4n) is 3.48. The predicted molar refractivity (Wildman–Crippen MR) is 133 cm³/mol. The first kappa shape index (κ1) is 28.1. The fourth-order valence-corrected chi connectivity index (χ4v) is 4.57. The van der Waals surface area contributed by atoms with Crippen LogP contribution in [0.15, 0.2) is 11.2 Å². The topological polar surface area (TPSA) is 149 Å². The standard InChI is InChI=1S/C23H35N5O6S/c1-13(27-33)25-16(29)12-23(8)19(31)24-9-10-28(23)18(30)14-11-15(21(2,3)4)35-17(14)26-20(32)34-22(5,6)7/h11,33H,9-10,12H2,1-8H3,(H,24,31)(H,26,32)(H,25,27,29). The van der Waals surface area contributed by atoms with Crippen LogP contribution in [0.4, 0.5) is 9.80 Å². The van der Waals surface area contributed by atoms with E-state index in [1.165, 1.54) is 30.1 Å². The second-order valence-electron chi connectivity index (χ2n) is 10.6. The van der Waals surface area contributed by atoms with Crippen LogP contribution in [0.25, 0.3) is 0 Å². The molecule has 1 aliphatic heterocycles. The molecule has 0 bridgehead atoms. The van der Waals surface area contributed by atoms with Crippen molar-refractivity contribution in [2.75, 3.05) is 18.4 Å². The van der Waals surface area contributed by atoms with Crippen LogP contribution in [0.3, 0.4) is 0 Å². The quantitative estimate of drug-likeness (QED) is 0.212. The van der Waals surface area contributed by atoms with Crippen molar-refractivity contribution in [1.29, 1.82) is 0 Å². The number of carbonyl (C=O) groups is 4. The van der Waals surface area contributed by atoms with Gasteiger partial charge in [-0.1, -0.05) is 25.9 Å². The zero-order chi connectivity index (χ0) is 26.8. The van der Waals surface area contributed by atoms with Crippen LogP contribution in [0.2, 0.25) is 0 Å². The number of anilines is 1. The number of thiophene rings is 1. The molecule has 4 amide bonds. The highest BCUT2D eigenvalue weighted by Gasteiger charge is 2.47. The second kappa shape index (κ2) is 10.2. The first-order valence-corrected chi connectivity index (χ1v) is 12.0. The molecule has 1 aliphatic rings. The summed E-state index contributed by atoms with van der Waals surface area (Å²) in [6.45, 7) is 14.4. The van der Waals surface area contributed by atoms with Crippen LogP contribution in [-0.4, -0.2) is 64.0 Å². The summed E-state index contributed by atoms with van der Waals surface area (Å²) in [5, 5.41) is 19.8. The Kier molecular flexibility index (Phi) is 8.21. The number of oxime groups is 1. The minimum atomic E-state index is -1.51. The predicted octanol–water partition coefficient (Wildman–Crippen LogP) is 3.04. The Hall–Kier alpha value is -3.15. The molecule has 1 unspecified atom stereocenters. The largest absolute Gasteiger partial charge is 0.444 e. The van der Waals surface area contributed by atoms with Crippen LogP contribution >= 0.6 is 11.3 Å². The number of nitrogens with zero attached hydrogens (tertiary/aromatic N) is 2. The Morgan fingerprint density at radius 2 is 1.89 bits per heavy atom. The minimum absolute atomic E-state index is 0.0378. The van der Waals surface area contributed by atoms with Crippen LogP contribution in [0.1, 0.15) is 77.0 Å². The molecule has 12 heteroatoms. The van der Waals surface area contributed by atoms with Gasteiger partial charge in [-0.2, -0.15) is 0 Å². The number of hydrogen-bond donors (Lipinski definition) is 4. The van der Waals surface area contributed by atoms with Crippen molar-refractivity contribution in [2.45, 2.75) is 78.4 Å². The molecule has 35 heavy (non-hydrogen) atoms. The maximum Gasteiger partial charge on any atom is 0.412 e. The monoisotopic (exact) mass is 509 g/mol. The highest BCUT2D eigenvalue weighted by molar-refractivity contribution is 7.16. The Labute approximate surface area is 209 Å². The summed E-state index contributed by atoms with van der Waals surface area (Å²) >= 11 is 1.26. The summed E-state index contributed by atoms with van der Waals surface area (Å²) in [5.41, 5.74) is -2.34. The van der Waals surface area contributed by atoms with Crippen molar-refractivity contribution in [3.8, 4) is 0 Å². The average molecular weight is 510 g/mol. The molecule has 0 spiro atoms. The molecule has 1 saturated heterocycles. The van der Waals surface area contributed by atoms with E-state index < -0.39 is 35.0 Å². The van der Waals surface area contributed by atoms with Crippen molar-refractivity contribution in [3.63, 3.8) is 0 Å².